The molecular formula is C14H14Cl2N4O. The van der Waals surface area contributed by atoms with Crippen molar-refractivity contribution in [1.82, 2.24) is 4.98 Å². The van der Waals surface area contributed by atoms with Gasteiger partial charge in [0, 0.05) is 30.4 Å². The fourth-order valence-electron chi connectivity index (χ4n) is 1.91. The van der Waals surface area contributed by atoms with Crippen LogP contribution in [0.5, 0.6) is 0 Å². The van der Waals surface area contributed by atoms with Crippen LogP contribution in [0.25, 0.3) is 0 Å². The number of oxime groups is 1. The monoisotopic (exact) mass is 324 g/mol. The van der Waals surface area contributed by atoms with Crippen LogP contribution in [0.4, 0.5) is 5.82 Å². The van der Waals surface area contributed by atoms with E-state index < -0.39 is 0 Å². The van der Waals surface area contributed by atoms with Crippen molar-refractivity contribution in [2.24, 2.45) is 10.9 Å². The van der Waals surface area contributed by atoms with Crippen LogP contribution in [-0.2, 0) is 6.54 Å². The smallest absolute Gasteiger partial charge is 0.171 e. The predicted molar refractivity (Wildman–Crippen MR) is 85.3 cm³/mol. The van der Waals surface area contributed by atoms with Gasteiger partial charge in [0.1, 0.15) is 5.82 Å². The molecule has 0 saturated carbocycles. The molecule has 0 fully saturated rings. The summed E-state index contributed by atoms with van der Waals surface area (Å²) < 4.78 is 0. The first-order valence-electron chi connectivity index (χ1n) is 6.11. The Labute approximate surface area is 132 Å². The van der Waals surface area contributed by atoms with Crippen LogP contribution in [0.15, 0.2) is 41.7 Å². The molecule has 0 amide bonds. The van der Waals surface area contributed by atoms with Crippen LogP contribution >= 0.6 is 23.2 Å². The Balaban J connectivity index is 2.32. The molecule has 0 aliphatic rings. The van der Waals surface area contributed by atoms with Crippen molar-refractivity contribution in [3.8, 4) is 0 Å². The molecule has 0 bridgehead atoms. The van der Waals surface area contributed by atoms with E-state index in [0.717, 1.165) is 5.56 Å². The van der Waals surface area contributed by atoms with E-state index in [1.54, 1.807) is 12.3 Å². The quantitative estimate of drug-likeness (QED) is 0.392. The van der Waals surface area contributed by atoms with Gasteiger partial charge in [-0.15, -0.1) is 0 Å². The fraction of sp³-hybridized carbons (Fsp3) is 0.143. The summed E-state index contributed by atoms with van der Waals surface area (Å²) in [5.74, 6) is 0.468. The lowest BCUT2D eigenvalue weighted by atomic mass is 10.2. The fourth-order valence-corrected chi connectivity index (χ4v) is 2.46. The van der Waals surface area contributed by atoms with Crippen LogP contribution in [0.2, 0.25) is 10.0 Å². The van der Waals surface area contributed by atoms with Gasteiger partial charge in [0.15, 0.2) is 5.84 Å². The number of aromatic nitrogens is 1. The summed E-state index contributed by atoms with van der Waals surface area (Å²) in [5.41, 5.74) is 6.97. The third kappa shape index (κ3) is 3.37. The van der Waals surface area contributed by atoms with Crippen molar-refractivity contribution in [2.75, 3.05) is 11.9 Å². The second kappa shape index (κ2) is 6.65. The number of benzene rings is 1. The van der Waals surface area contributed by atoms with Crippen molar-refractivity contribution in [3.05, 3.63) is 57.7 Å². The van der Waals surface area contributed by atoms with Gasteiger partial charge in [0.25, 0.3) is 0 Å². The number of nitrogens with zero attached hydrogens (tertiary/aromatic N) is 3. The molecule has 1 heterocycles. The number of rotatable bonds is 4. The summed E-state index contributed by atoms with van der Waals surface area (Å²) in [6, 6.07) is 9.13. The van der Waals surface area contributed by atoms with Crippen LogP contribution < -0.4 is 10.6 Å². The Morgan fingerprint density at radius 3 is 2.71 bits per heavy atom. The number of hydrogen-bond donors (Lipinski definition) is 2. The van der Waals surface area contributed by atoms with Gasteiger partial charge in [-0.05, 0) is 17.7 Å². The van der Waals surface area contributed by atoms with E-state index in [1.165, 1.54) is 0 Å². The van der Waals surface area contributed by atoms with E-state index in [1.807, 2.05) is 36.2 Å². The van der Waals surface area contributed by atoms with Gasteiger partial charge in [-0.25, -0.2) is 4.98 Å². The van der Waals surface area contributed by atoms with E-state index in [0.29, 0.717) is 28.0 Å². The topological polar surface area (TPSA) is 74.7 Å². The molecule has 0 atom stereocenters. The van der Waals surface area contributed by atoms with Gasteiger partial charge in [-0.1, -0.05) is 46.6 Å². The second-order valence-corrected chi connectivity index (χ2v) is 5.21. The molecule has 2 rings (SSSR count). The molecular weight excluding hydrogens is 311 g/mol. The highest BCUT2D eigenvalue weighted by molar-refractivity contribution is 6.36. The Kier molecular flexibility index (Phi) is 4.88. The van der Waals surface area contributed by atoms with Crippen molar-refractivity contribution >= 4 is 34.9 Å². The third-order valence-corrected chi connectivity index (χ3v) is 3.72. The Bertz CT molecular complexity index is 676. The molecule has 0 unspecified atom stereocenters. The summed E-state index contributed by atoms with van der Waals surface area (Å²) in [6.45, 7) is 0.534. The predicted octanol–water partition coefficient (Wildman–Crippen LogP) is 3.12. The highest BCUT2D eigenvalue weighted by Crippen LogP contribution is 2.28. The number of hydrogen-bond acceptors (Lipinski definition) is 4. The zero-order valence-corrected chi connectivity index (χ0v) is 12.8. The van der Waals surface area contributed by atoms with Crippen molar-refractivity contribution < 1.29 is 5.21 Å². The number of nitrogens with two attached hydrogens (primary N) is 1. The Morgan fingerprint density at radius 1 is 1.33 bits per heavy atom. The van der Waals surface area contributed by atoms with Crippen LogP contribution in [0.3, 0.4) is 0 Å². The molecule has 5 nitrogen and oxygen atoms in total. The standard InChI is InChI=1S/C14H14Cl2N4O/c1-20(8-9-4-2-3-5-11(9)15)14-12(16)10(6-7-18-14)13(17)19-21/h2-7,21H,8H2,1H3,(H2,17,19). The van der Waals surface area contributed by atoms with Crippen molar-refractivity contribution in [2.45, 2.75) is 6.54 Å². The van der Waals surface area contributed by atoms with E-state index in [2.05, 4.69) is 10.1 Å². The summed E-state index contributed by atoms with van der Waals surface area (Å²) in [5, 5.41) is 12.7. The van der Waals surface area contributed by atoms with Crippen LogP contribution in [0.1, 0.15) is 11.1 Å². The Hall–Kier alpha value is -1.98. The molecule has 0 radical (unpaired) electrons. The maximum Gasteiger partial charge on any atom is 0.171 e. The normalized spacial score (nSPS) is 11.5. The third-order valence-electron chi connectivity index (χ3n) is 2.98. The minimum atomic E-state index is -0.0604. The van der Waals surface area contributed by atoms with Crippen LogP contribution in [0, 0.1) is 0 Å². The minimum absolute atomic E-state index is 0.0604. The van der Waals surface area contributed by atoms with E-state index >= 15 is 0 Å². The molecule has 1 aromatic heterocycles. The molecule has 1 aromatic carbocycles. The first kappa shape index (κ1) is 15.4. The lowest BCUT2D eigenvalue weighted by Crippen LogP contribution is -2.21. The molecule has 110 valence electrons. The molecule has 21 heavy (non-hydrogen) atoms. The van der Waals surface area contributed by atoms with E-state index in [9.17, 15) is 0 Å². The largest absolute Gasteiger partial charge is 0.409 e. The van der Waals surface area contributed by atoms with E-state index in [-0.39, 0.29) is 5.84 Å². The number of anilines is 1. The summed E-state index contributed by atoms with van der Waals surface area (Å²) in [6.07, 6.45) is 1.55. The SMILES string of the molecule is CN(Cc1ccccc1Cl)c1nccc(/C(N)=N/O)c1Cl. The minimum Gasteiger partial charge on any atom is -0.409 e. The average Bonchev–Trinajstić information content (AvgIpc) is 2.49. The maximum atomic E-state index is 8.77. The van der Waals surface area contributed by atoms with Gasteiger partial charge >= 0.3 is 0 Å². The maximum absolute atomic E-state index is 8.77. The molecule has 0 saturated heterocycles. The Morgan fingerprint density at radius 2 is 2.05 bits per heavy atom. The summed E-state index contributed by atoms with van der Waals surface area (Å²) in [7, 11) is 1.84. The molecule has 3 N–H and O–H groups in total. The van der Waals surface area contributed by atoms with Gasteiger partial charge in [0.2, 0.25) is 0 Å². The molecule has 0 aliphatic heterocycles. The van der Waals surface area contributed by atoms with Gasteiger partial charge in [-0.2, -0.15) is 0 Å². The first-order valence-corrected chi connectivity index (χ1v) is 6.87. The summed E-state index contributed by atoms with van der Waals surface area (Å²) in [4.78, 5) is 6.09. The zero-order valence-electron chi connectivity index (χ0n) is 11.3. The molecule has 7 heteroatoms. The number of halogens is 2. The second-order valence-electron chi connectivity index (χ2n) is 4.43. The van der Waals surface area contributed by atoms with Gasteiger partial charge in [-0.3, -0.25) is 0 Å². The van der Waals surface area contributed by atoms with E-state index in [4.69, 9.17) is 34.1 Å². The number of pyridine rings is 1. The molecule has 2 aromatic rings. The highest BCUT2D eigenvalue weighted by atomic mass is 35.5. The number of amidine groups is 1. The first-order chi connectivity index (χ1) is 10.0. The van der Waals surface area contributed by atoms with Gasteiger partial charge < -0.3 is 15.8 Å². The lowest BCUT2D eigenvalue weighted by molar-refractivity contribution is 0.318. The molecule has 0 aliphatic carbocycles. The van der Waals surface area contributed by atoms with Crippen LogP contribution in [-0.4, -0.2) is 23.1 Å². The zero-order chi connectivity index (χ0) is 15.4. The average molecular weight is 325 g/mol. The van der Waals surface area contributed by atoms with Gasteiger partial charge in [0.05, 0.1) is 5.02 Å². The lowest BCUT2D eigenvalue weighted by Gasteiger charge is -2.21. The molecule has 0 spiro atoms. The van der Waals surface area contributed by atoms with Crippen molar-refractivity contribution in [3.63, 3.8) is 0 Å². The highest BCUT2D eigenvalue weighted by Gasteiger charge is 2.15. The van der Waals surface area contributed by atoms with Crippen molar-refractivity contribution in [1.29, 1.82) is 0 Å². The summed E-state index contributed by atoms with van der Waals surface area (Å²) >= 11 is 12.4.